The molecule has 0 radical (unpaired) electrons. The smallest absolute Gasteiger partial charge is 0.190 e. The van der Waals surface area contributed by atoms with E-state index in [9.17, 15) is 9.18 Å². The van der Waals surface area contributed by atoms with E-state index in [1.165, 1.54) is 24.3 Å². The van der Waals surface area contributed by atoms with Crippen LogP contribution in [-0.4, -0.2) is 17.8 Å². The molecule has 1 aromatic heterocycles. The van der Waals surface area contributed by atoms with Crippen LogP contribution in [0.25, 0.3) is 0 Å². The predicted octanol–water partition coefficient (Wildman–Crippen LogP) is 3.56. The molecule has 0 saturated heterocycles. The lowest BCUT2D eigenvalue weighted by atomic mass is 10.3. The summed E-state index contributed by atoms with van der Waals surface area (Å²) in [7, 11) is 1.74. The van der Waals surface area contributed by atoms with Crippen LogP contribution >= 0.6 is 11.3 Å². The van der Waals surface area contributed by atoms with Gasteiger partial charge in [0.15, 0.2) is 10.9 Å². The van der Waals surface area contributed by atoms with E-state index in [2.05, 4.69) is 4.98 Å². The van der Waals surface area contributed by atoms with Gasteiger partial charge in [0.1, 0.15) is 5.82 Å². The number of halogens is 1. The molecule has 0 N–H and O–H groups in total. The van der Waals surface area contributed by atoms with E-state index in [4.69, 9.17) is 0 Å². The van der Waals surface area contributed by atoms with E-state index in [1.54, 1.807) is 37.1 Å². The molecule has 2 rings (SSSR count). The minimum Gasteiger partial charge on any atom is -0.318 e. The summed E-state index contributed by atoms with van der Waals surface area (Å²) in [6.07, 6.45) is 0. The van der Waals surface area contributed by atoms with Gasteiger partial charge >= 0.3 is 0 Å². The number of hydrogen-bond donors (Lipinski definition) is 0. The molecule has 1 aromatic carbocycles. The van der Waals surface area contributed by atoms with Crippen molar-refractivity contribution in [2.45, 2.75) is 13.8 Å². The second-order valence-electron chi connectivity index (χ2n) is 3.98. The van der Waals surface area contributed by atoms with Gasteiger partial charge in [-0.15, -0.1) is 0 Å². The molecule has 3 nitrogen and oxygen atoms in total. The van der Waals surface area contributed by atoms with Gasteiger partial charge in [-0.2, -0.15) is 0 Å². The van der Waals surface area contributed by atoms with E-state index in [-0.39, 0.29) is 11.6 Å². The summed E-state index contributed by atoms with van der Waals surface area (Å²) >= 11 is 1.28. The highest BCUT2D eigenvalue weighted by Gasteiger charge is 2.16. The Labute approximate surface area is 109 Å². The lowest BCUT2D eigenvalue weighted by molar-refractivity contribution is 0.102. The SMILES string of the molecule is CC(=O)c1sc(N(C)c2ccccc2F)nc1C. The first-order valence-electron chi connectivity index (χ1n) is 5.47. The van der Waals surface area contributed by atoms with Gasteiger partial charge in [-0.05, 0) is 19.1 Å². The van der Waals surface area contributed by atoms with E-state index >= 15 is 0 Å². The maximum absolute atomic E-state index is 13.7. The van der Waals surface area contributed by atoms with Crippen LogP contribution in [0.4, 0.5) is 15.2 Å². The van der Waals surface area contributed by atoms with Gasteiger partial charge in [-0.25, -0.2) is 9.37 Å². The highest BCUT2D eigenvalue weighted by molar-refractivity contribution is 7.17. The standard InChI is InChI=1S/C13H13FN2OS/c1-8-12(9(2)17)18-13(15-8)16(3)11-7-5-4-6-10(11)14/h4-7H,1-3H3. The molecule has 0 aliphatic heterocycles. The zero-order valence-electron chi connectivity index (χ0n) is 10.4. The molecular weight excluding hydrogens is 251 g/mol. The molecule has 0 aliphatic carbocycles. The van der Waals surface area contributed by atoms with Crippen LogP contribution in [0.3, 0.4) is 0 Å². The molecule has 0 atom stereocenters. The number of hydrogen-bond acceptors (Lipinski definition) is 4. The van der Waals surface area contributed by atoms with Gasteiger partial charge in [0.2, 0.25) is 0 Å². The highest BCUT2D eigenvalue weighted by Crippen LogP contribution is 2.31. The van der Waals surface area contributed by atoms with Crippen molar-refractivity contribution in [1.29, 1.82) is 0 Å². The third-order valence-electron chi connectivity index (χ3n) is 2.61. The Bertz CT molecular complexity index is 594. The summed E-state index contributed by atoms with van der Waals surface area (Å²) in [5, 5.41) is 0.614. The number of carbonyl (C=O) groups is 1. The number of aromatic nitrogens is 1. The maximum atomic E-state index is 13.7. The van der Waals surface area contributed by atoms with E-state index < -0.39 is 0 Å². The van der Waals surface area contributed by atoms with Crippen LogP contribution in [0.2, 0.25) is 0 Å². The van der Waals surface area contributed by atoms with Crippen molar-refractivity contribution >= 4 is 27.9 Å². The molecule has 2 aromatic rings. The third kappa shape index (κ3) is 2.26. The molecule has 0 bridgehead atoms. The van der Waals surface area contributed by atoms with E-state index in [0.29, 0.717) is 21.4 Å². The van der Waals surface area contributed by atoms with Crippen molar-refractivity contribution in [3.63, 3.8) is 0 Å². The van der Waals surface area contributed by atoms with Crippen molar-refractivity contribution < 1.29 is 9.18 Å². The van der Waals surface area contributed by atoms with Gasteiger partial charge in [0.05, 0.1) is 16.3 Å². The fraction of sp³-hybridized carbons (Fsp3) is 0.231. The monoisotopic (exact) mass is 264 g/mol. The molecule has 0 amide bonds. The fourth-order valence-electron chi connectivity index (χ4n) is 1.68. The van der Waals surface area contributed by atoms with Gasteiger partial charge in [0.25, 0.3) is 0 Å². The molecule has 0 unspecified atom stereocenters. The summed E-state index contributed by atoms with van der Waals surface area (Å²) in [5.74, 6) is -0.324. The van der Waals surface area contributed by atoms with Crippen molar-refractivity contribution in [2.24, 2.45) is 0 Å². The lowest BCUT2D eigenvalue weighted by Gasteiger charge is -2.16. The zero-order valence-corrected chi connectivity index (χ0v) is 11.2. The average molecular weight is 264 g/mol. The fourth-order valence-corrected chi connectivity index (χ4v) is 2.62. The largest absolute Gasteiger partial charge is 0.318 e. The first-order chi connectivity index (χ1) is 8.50. The molecule has 1 heterocycles. The number of rotatable bonds is 3. The van der Waals surface area contributed by atoms with Gasteiger partial charge in [-0.1, -0.05) is 23.5 Å². The van der Waals surface area contributed by atoms with Crippen molar-refractivity contribution in [1.82, 2.24) is 4.98 Å². The average Bonchev–Trinajstić information content (AvgIpc) is 2.71. The molecule has 0 spiro atoms. The summed E-state index contributed by atoms with van der Waals surface area (Å²) in [5.41, 5.74) is 1.13. The van der Waals surface area contributed by atoms with Gasteiger partial charge in [0, 0.05) is 14.0 Å². The second-order valence-corrected chi connectivity index (χ2v) is 4.96. The zero-order chi connectivity index (χ0) is 13.3. The molecule has 0 aliphatic rings. The predicted molar refractivity (Wildman–Crippen MR) is 71.3 cm³/mol. The minimum atomic E-state index is -0.308. The van der Waals surface area contributed by atoms with Crippen LogP contribution in [0, 0.1) is 12.7 Å². The second kappa shape index (κ2) is 4.86. The van der Waals surface area contributed by atoms with Crippen LogP contribution in [0.1, 0.15) is 22.3 Å². The topological polar surface area (TPSA) is 33.2 Å². The molecule has 0 saturated carbocycles. The number of para-hydroxylation sites is 1. The Kier molecular flexibility index (Phi) is 3.43. The summed E-state index contributed by atoms with van der Waals surface area (Å²) < 4.78 is 13.7. The minimum absolute atomic E-state index is 0.0156. The Balaban J connectivity index is 2.41. The molecule has 94 valence electrons. The third-order valence-corrected chi connectivity index (χ3v) is 3.94. The Morgan fingerprint density at radius 2 is 2.06 bits per heavy atom. The van der Waals surface area contributed by atoms with Crippen molar-refractivity contribution in [2.75, 3.05) is 11.9 Å². The quantitative estimate of drug-likeness (QED) is 0.795. The number of benzene rings is 1. The molecule has 18 heavy (non-hydrogen) atoms. The Morgan fingerprint density at radius 3 is 2.61 bits per heavy atom. The van der Waals surface area contributed by atoms with Gasteiger partial charge < -0.3 is 4.90 Å². The highest BCUT2D eigenvalue weighted by atomic mass is 32.1. The summed E-state index contributed by atoms with van der Waals surface area (Å²) in [6.45, 7) is 3.29. The van der Waals surface area contributed by atoms with Crippen LogP contribution in [0.15, 0.2) is 24.3 Å². The lowest BCUT2D eigenvalue weighted by Crippen LogP contribution is -2.10. The van der Waals surface area contributed by atoms with Crippen molar-refractivity contribution in [3.05, 3.63) is 40.7 Å². The first kappa shape index (κ1) is 12.7. The number of ketones is 1. The normalized spacial score (nSPS) is 10.4. The number of Topliss-reactive ketones (excluding diaryl/α,β-unsaturated/α-hetero) is 1. The number of thiazole rings is 1. The summed E-state index contributed by atoms with van der Waals surface area (Å²) in [4.78, 5) is 18.0. The van der Waals surface area contributed by atoms with Crippen LogP contribution in [-0.2, 0) is 0 Å². The van der Waals surface area contributed by atoms with Crippen LogP contribution in [0.5, 0.6) is 0 Å². The Morgan fingerprint density at radius 1 is 1.39 bits per heavy atom. The number of carbonyl (C=O) groups excluding carboxylic acids is 1. The molecule has 0 fully saturated rings. The Hall–Kier alpha value is -1.75. The maximum Gasteiger partial charge on any atom is 0.190 e. The van der Waals surface area contributed by atoms with Crippen LogP contribution < -0.4 is 4.90 Å². The molecule has 5 heteroatoms. The number of nitrogens with zero attached hydrogens (tertiary/aromatic N) is 2. The van der Waals surface area contributed by atoms with E-state index in [0.717, 1.165) is 0 Å². The number of aryl methyl sites for hydroxylation is 1. The van der Waals surface area contributed by atoms with E-state index in [1.807, 2.05) is 0 Å². The van der Waals surface area contributed by atoms with Gasteiger partial charge in [-0.3, -0.25) is 4.79 Å². The first-order valence-corrected chi connectivity index (χ1v) is 6.29. The number of anilines is 2. The van der Waals surface area contributed by atoms with Crippen molar-refractivity contribution in [3.8, 4) is 0 Å². The molecular formula is C13H13FN2OS. The summed E-state index contributed by atoms with van der Waals surface area (Å²) in [6, 6.07) is 6.49.